The minimum Gasteiger partial charge on any atom is -0.405 e. The van der Waals surface area contributed by atoms with Crippen LogP contribution in [0, 0.1) is 0 Å². The molecule has 0 aliphatic carbocycles. The van der Waals surface area contributed by atoms with E-state index in [-0.39, 0.29) is 0 Å². The fraction of sp³-hybridized carbons (Fsp3) is 0. The minimum atomic E-state index is 1.48. The van der Waals surface area contributed by atoms with E-state index in [0.29, 0.717) is 0 Å². The Morgan fingerprint density at radius 3 is 2.00 bits per heavy atom. The summed E-state index contributed by atoms with van der Waals surface area (Å²) in [5.41, 5.74) is 5.07. The van der Waals surface area contributed by atoms with Gasteiger partial charge >= 0.3 is 0 Å². The molecule has 0 aromatic heterocycles. The van der Waals surface area contributed by atoms with Crippen molar-refractivity contribution in [3.63, 3.8) is 0 Å². The van der Waals surface area contributed by atoms with Gasteiger partial charge in [0.1, 0.15) is 0 Å². The van der Waals surface area contributed by atoms with Gasteiger partial charge in [-0.15, -0.1) is 0 Å². The van der Waals surface area contributed by atoms with Crippen LogP contribution < -0.4 is 5.73 Å². The van der Waals surface area contributed by atoms with Crippen molar-refractivity contribution >= 4 is 0 Å². The lowest BCUT2D eigenvalue weighted by Crippen LogP contribution is -1.71. The molecule has 0 saturated carbocycles. The maximum atomic E-state index is 5.07. The summed E-state index contributed by atoms with van der Waals surface area (Å²) in [4.78, 5) is 0. The predicted octanol–water partition coefficient (Wildman–Crippen LogP) is 1.76. The predicted molar refractivity (Wildman–Crippen MR) is 41.8 cm³/mol. The summed E-state index contributed by atoms with van der Waals surface area (Å²) in [7, 11) is 0. The molecule has 0 aromatic rings. The molecule has 48 valence electrons. The molecule has 0 fully saturated rings. The van der Waals surface area contributed by atoms with Crippen molar-refractivity contribution in [2.75, 3.05) is 0 Å². The molecule has 0 atom stereocenters. The summed E-state index contributed by atoms with van der Waals surface area (Å²) in [5, 5.41) is 0. The quantitative estimate of drug-likeness (QED) is 0.566. The summed E-state index contributed by atoms with van der Waals surface area (Å²) >= 11 is 0. The number of hydrogen-bond donors (Lipinski definition) is 1. The smallest absolute Gasteiger partial charge is 0.00624 e. The third kappa shape index (κ3) is 6.76. The average Bonchev–Trinajstić information content (AvgIpc) is 1.89. The van der Waals surface area contributed by atoms with Crippen LogP contribution in [0.15, 0.2) is 49.2 Å². The Bertz CT molecular complexity index is 141. The van der Waals surface area contributed by atoms with Gasteiger partial charge in [-0.05, 0) is 12.3 Å². The molecule has 2 N–H and O–H groups in total. The number of hydrogen-bond acceptors (Lipinski definition) is 1. The molecular weight excluding hydrogens is 110 g/mol. The van der Waals surface area contributed by atoms with E-state index in [1.807, 2.05) is 24.3 Å². The first-order valence-electron chi connectivity index (χ1n) is 2.74. The number of nitrogens with two attached hydrogens (primary N) is 1. The van der Waals surface area contributed by atoms with Crippen LogP contribution in [0.25, 0.3) is 0 Å². The fourth-order valence-electron chi connectivity index (χ4n) is 0.335. The Labute approximate surface area is 55.9 Å². The van der Waals surface area contributed by atoms with Crippen LogP contribution >= 0.6 is 0 Å². The van der Waals surface area contributed by atoms with E-state index in [0.717, 1.165) is 0 Å². The highest BCUT2D eigenvalue weighted by Crippen LogP contribution is 1.77. The highest BCUT2D eigenvalue weighted by molar-refractivity contribution is 5.13. The first-order chi connectivity index (χ1) is 4.41. The molecule has 0 spiro atoms. The van der Waals surface area contributed by atoms with Gasteiger partial charge in [0.2, 0.25) is 0 Å². The van der Waals surface area contributed by atoms with Crippen molar-refractivity contribution in [2.24, 2.45) is 5.73 Å². The number of allylic oxidation sites excluding steroid dienone is 6. The molecule has 0 heterocycles. The van der Waals surface area contributed by atoms with Gasteiger partial charge in [0.05, 0.1) is 0 Å². The first kappa shape index (κ1) is 7.76. The molecule has 0 aromatic carbocycles. The van der Waals surface area contributed by atoms with Gasteiger partial charge in [-0.25, -0.2) is 0 Å². The van der Waals surface area contributed by atoms with Crippen molar-refractivity contribution in [2.45, 2.75) is 0 Å². The van der Waals surface area contributed by atoms with Gasteiger partial charge in [-0.1, -0.05) is 37.0 Å². The second kappa shape index (κ2) is 6.76. The Morgan fingerprint density at radius 2 is 1.44 bits per heavy atom. The van der Waals surface area contributed by atoms with Gasteiger partial charge in [0.25, 0.3) is 0 Å². The largest absolute Gasteiger partial charge is 0.405 e. The molecule has 1 heteroatoms. The van der Waals surface area contributed by atoms with E-state index in [2.05, 4.69) is 6.58 Å². The molecule has 0 aliphatic heterocycles. The Hall–Kier alpha value is -1.24. The first-order valence-corrected chi connectivity index (χ1v) is 2.74. The van der Waals surface area contributed by atoms with Crippen LogP contribution in [0.4, 0.5) is 0 Å². The van der Waals surface area contributed by atoms with Crippen molar-refractivity contribution in [3.05, 3.63) is 49.2 Å². The molecule has 9 heavy (non-hydrogen) atoms. The zero-order valence-electron chi connectivity index (χ0n) is 5.33. The van der Waals surface area contributed by atoms with Crippen molar-refractivity contribution in [1.82, 2.24) is 0 Å². The third-order valence-electron chi connectivity index (χ3n) is 0.692. The molecule has 0 amide bonds. The normalized spacial score (nSPS) is 12.0. The summed E-state index contributed by atoms with van der Waals surface area (Å²) in [6.07, 6.45) is 12.4. The van der Waals surface area contributed by atoms with Crippen molar-refractivity contribution < 1.29 is 0 Å². The van der Waals surface area contributed by atoms with E-state index >= 15 is 0 Å². The zero-order valence-corrected chi connectivity index (χ0v) is 5.33. The molecule has 0 rings (SSSR count). The van der Waals surface area contributed by atoms with Crippen LogP contribution in [0.1, 0.15) is 0 Å². The lowest BCUT2D eigenvalue weighted by Gasteiger charge is -1.69. The van der Waals surface area contributed by atoms with Gasteiger partial charge in [0.15, 0.2) is 0 Å². The lowest BCUT2D eigenvalue weighted by atomic mass is 10.4. The van der Waals surface area contributed by atoms with E-state index in [1.165, 1.54) is 6.20 Å². The van der Waals surface area contributed by atoms with Gasteiger partial charge in [-0.3, -0.25) is 0 Å². The fourth-order valence-corrected chi connectivity index (χ4v) is 0.335. The molecule has 0 aliphatic rings. The van der Waals surface area contributed by atoms with Crippen LogP contribution in [-0.2, 0) is 0 Å². The standard InChI is InChI=1S/C8H11N/c1-2-3-4-5-6-7-8-9/h2-8H,1,9H2/b4-3-,6-5-,8-7-. The van der Waals surface area contributed by atoms with Gasteiger partial charge in [0, 0.05) is 0 Å². The van der Waals surface area contributed by atoms with Crippen LogP contribution in [0.5, 0.6) is 0 Å². The Kier molecular flexibility index (Phi) is 5.83. The minimum absolute atomic E-state index is 1.48. The Morgan fingerprint density at radius 1 is 0.889 bits per heavy atom. The second-order valence-electron chi connectivity index (χ2n) is 1.39. The van der Waals surface area contributed by atoms with Crippen molar-refractivity contribution in [1.29, 1.82) is 0 Å². The average molecular weight is 121 g/mol. The summed E-state index contributed by atoms with van der Waals surface area (Å²) in [5.74, 6) is 0. The van der Waals surface area contributed by atoms with Crippen LogP contribution in [0.3, 0.4) is 0 Å². The summed E-state index contributed by atoms with van der Waals surface area (Å²) in [6, 6.07) is 0. The molecule has 1 nitrogen and oxygen atoms in total. The zero-order chi connectivity index (χ0) is 6.95. The van der Waals surface area contributed by atoms with E-state index in [4.69, 9.17) is 5.73 Å². The third-order valence-corrected chi connectivity index (χ3v) is 0.692. The monoisotopic (exact) mass is 121 g/mol. The summed E-state index contributed by atoms with van der Waals surface area (Å²) < 4.78 is 0. The van der Waals surface area contributed by atoms with E-state index in [1.54, 1.807) is 12.2 Å². The van der Waals surface area contributed by atoms with Crippen LogP contribution in [0.2, 0.25) is 0 Å². The highest BCUT2D eigenvalue weighted by atomic mass is 14.5. The lowest BCUT2D eigenvalue weighted by molar-refractivity contribution is 1.60. The number of rotatable bonds is 3. The maximum Gasteiger partial charge on any atom is -0.00624 e. The van der Waals surface area contributed by atoms with Gasteiger partial charge in [-0.2, -0.15) is 0 Å². The SMILES string of the molecule is C=C\C=C/C=C\C=C/N. The topological polar surface area (TPSA) is 26.0 Å². The van der Waals surface area contributed by atoms with E-state index in [9.17, 15) is 0 Å². The summed E-state index contributed by atoms with van der Waals surface area (Å²) in [6.45, 7) is 3.52. The second-order valence-corrected chi connectivity index (χ2v) is 1.39. The molecule has 0 unspecified atom stereocenters. The Balaban J connectivity index is 3.46. The molecule has 0 bridgehead atoms. The molecule has 0 radical (unpaired) electrons. The molecule has 0 saturated heterocycles. The van der Waals surface area contributed by atoms with Gasteiger partial charge < -0.3 is 5.73 Å². The van der Waals surface area contributed by atoms with Crippen molar-refractivity contribution in [3.8, 4) is 0 Å². The van der Waals surface area contributed by atoms with E-state index < -0.39 is 0 Å². The molecular formula is C8H11N. The van der Waals surface area contributed by atoms with Crippen LogP contribution in [-0.4, -0.2) is 0 Å². The maximum absolute atomic E-state index is 5.07. The highest BCUT2D eigenvalue weighted by Gasteiger charge is 1.57.